The molecule has 3 rings (SSSR count). The first kappa shape index (κ1) is 10.8. The van der Waals surface area contributed by atoms with Crippen LogP contribution < -0.4 is 5.32 Å². The van der Waals surface area contributed by atoms with E-state index in [1.165, 1.54) is 11.1 Å². The summed E-state index contributed by atoms with van der Waals surface area (Å²) in [6, 6.07) is 4.28. The van der Waals surface area contributed by atoms with Gasteiger partial charge in [-0.15, -0.1) is 0 Å². The quantitative estimate of drug-likeness (QED) is 0.744. The zero-order valence-corrected chi connectivity index (χ0v) is 10.3. The molecule has 0 aliphatic carbocycles. The SMILES string of the molecule is Cc1cc(C)c2c(c1)C1(CCOCC1)C(=O)N2. The normalized spacial score (nSPS) is 21.4. The Kier molecular flexibility index (Phi) is 2.26. The molecule has 2 aliphatic rings. The molecular weight excluding hydrogens is 214 g/mol. The minimum Gasteiger partial charge on any atom is -0.381 e. The van der Waals surface area contributed by atoms with Crippen LogP contribution >= 0.6 is 0 Å². The van der Waals surface area contributed by atoms with Gasteiger partial charge in [0.2, 0.25) is 5.91 Å². The van der Waals surface area contributed by atoms with E-state index in [-0.39, 0.29) is 11.3 Å². The number of amides is 1. The van der Waals surface area contributed by atoms with Gasteiger partial charge in [0.25, 0.3) is 0 Å². The van der Waals surface area contributed by atoms with E-state index < -0.39 is 0 Å². The van der Waals surface area contributed by atoms with Gasteiger partial charge in [-0.1, -0.05) is 17.7 Å². The zero-order valence-electron chi connectivity index (χ0n) is 10.3. The third-order valence-electron chi connectivity index (χ3n) is 4.01. The Morgan fingerprint density at radius 3 is 2.65 bits per heavy atom. The van der Waals surface area contributed by atoms with E-state index in [1.54, 1.807) is 0 Å². The molecule has 2 aliphatic heterocycles. The van der Waals surface area contributed by atoms with Gasteiger partial charge in [-0.2, -0.15) is 0 Å². The average Bonchev–Trinajstić information content (AvgIpc) is 2.56. The van der Waals surface area contributed by atoms with E-state index in [9.17, 15) is 4.79 Å². The summed E-state index contributed by atoms with van der Waals surface area (Å²) in [6.07, 6.45) is 1.60. The van der Waals surface area contributed by atoms with Gasteiger partial charge in [0.15, 0.2) is 0 Å². The molecule has 1 fully saturated rings. The van der Waals surface area contributed by atoms with Crippen LogP contribution in [0.1, 0.15) is 29.5 Å². The maximum absolute atomic E-state index is 12.3. The van der Waals surface area contributed by atoms with Gasteiger partial charge in [0.05, 0.1) is 5.41 Å². The monoisotopic (exact) mass is 231 g/mol. The fourth-order valence-electron chi connectivity index (χ4n) is 3.08. The summed E-state index contributed by atoms with van der Waals surface area (Å²) in [5, 5.41) is 3.06. The Hall–Kier alpha value is -1.35. The van der Waals surface area contributed by atoms with Crippen LogP contribution in [0.3, 0.4) is 0 Å². The van der Waals surface area contributed by atoms with Crippen molar-refractivity contribution in [1.29, 1.82) is 0 Å². The molecular formula is C14H17NO2. The number of carbonyl (C=O) groups is 1. The average molecular weight is 231 g/mol. The maximum Gasteiger partial charge on any atom is 0.235 e. The van der Waals surface area contributed by atoms with E-state index in [1.807, 2.05) is 0 Å². The van der Waals surface area contributed by atoms with Gasteiger partial charge in [0, 0.05) is 18.9 Å². The summed E-state index contributed by atoms with van der Waals surface area (Å²) >= 11 is 0. The minimum absolute atomic E-state index is 0.157. The predicted molar refractivity (Wildman–Crippen MR) is 66.3 cm³/mol. The highest BCUT2D eigenvalue weighted by Gasteiger charge is 2.48. The largest absolute Gasteiger partial charge is 0.381 e. The van der Waals surface area contributed by atoms with Crippen molar-refractivity contribution in [2.75, 3.05) is 18.5 Å². The number of anilines is 1. The molecule has 1 amide bonds. The number of hydrogen-bond donors (Lipinski definition) is 1. The summed E-state index contributed by atoms with van der Waals surface area (Å²) in [5.74, 6) is 0.157. The van der Waals surface area contributed by atoms with Crippen LogP contribution in [-0.2, 0) is 14.9 Å². The van der Waals surface area contributed by atoms with Crippen molar-refractivity contribution in [3.63, 3.8) is 0 Å². The zero-order chi connectivity index (χ0) is 12.0. The molecule has 1 aromatic rings. The van der Waals surface area contributed by atoms with Crippen LogP contribution in [0, 0.1) is 13.8 Å². The standard InChI is InChI=1S/C14H17NO2/c1-9-7-10(2)12-11(8-9)14(13(16)15-12)3-5-17-6-4-14/h7-8H,3-6H2,1-2H3,(H,15,16). The molecule has 2 heterocycles. The summed E-state index contributed by atoms with van der Waals surface area (Å²) < 4.78 is 5.40. The third kappa shape index (κ3) is 1.42. The number of fused-ring (bicyclic) bond motifs is 2. The van der Waals surface area contributed by atoms with Crippen molar-refractivity contribution >= 4 is 11.6 Å². The molecule has 1 spiro atoms. The highest BCUT2D eigenvalue weighted by atomic mass is 16.5. The molecule has 0 atom stereocenters. The molecule has 0 aromatic heterocycles. The van der Waals surface area contributed by atoms with Crippen molar-refractivity contribution in [3.8, 4) is 0 Å². The van der Waals surface area contributed by atoms with E-state index in [4.69, 9.17) is 4.74 Å². The molecule has 0 bridgehead atoms. The minimum atomic E-state index is -0.329. The van der Waals surface area contributed by atoms with Crippen molar-refractivity contribution in [1.82, 2.24) is 0 Å². The molecule has 3 heteroatoms. The fraction of sp³-hybridized carbons (Fsp3) is 0.500. The van der Waals surface area contributed by atoms with Crippen LogP contribution in [0.2, 0.25) is 0 Å². The van der Waals surface area contributed by atoms with Gasteiger partial charge < -0.3 is 10.1 Å². The number of ether oxygens (including phenoxy) is 1. The second-order valence-corrected chi connectivity index (χ2v) is 5.15. The van der Waals surface area contributed by atoms with Crippen LogP contribution in [0.5, 0.6) is 0 Å². The molecule has 17 heavy (non-hydrogen) atoms. The Morgan fingerprint density at radius 1 is 1.24 bits per heavy atom. The molecule has 0 unspecified atom stereocenters. The van der Waals surface area contributed by atoms with E-state index in [0.29, 0.717) is 13.2 Å². The molecule has 3 nitrogen and oxygen atoms in total. The van der Waals surface area contributed by atoms with E-state index >= 15 is 0 Å². The lowest BCUT2D eigenvalue weighted by Gasteiger charge is -2.31. The molecule has 0 saturated carbocycles. The lowest BCUT2D eigenvalue weighted by molar-refractivity contribution is -0.124. The smallest absolute Gasteiger partial charge is 0.235 e. The summed E-state index contributed by atoms with van der Waals surface area (Å²) in [6.45, 7) is 5.51. The Morgan fingerprint density at radius 2 is 1.94 bits per heavy atom. The summed E-state index contributed by atoms with van der Waals surface area (Å²) in [5.41, 5.74) is 4.27. The lowest BCUT2D eigenvalue weighted by Crippen LogP contribution is -2.40. The number of benzene rings is 1. The van der Waals surface area contributed by atoms with Gasteiger partial charge in [0.1, 0.15) is 0 Å². The number of hydrogen-bond acceptors (Lipinski definition) is 2. The third-order valence-corrected chi connectivity index (χ3v) is 4.01. The van der Waals surface area contributed by atoms with E-state index in [2.05, 4.69) is 31.3 Å². The van der Waals surface area contributed by atoms with E-state index in [0.717, 1.165) is 24.1 Å². The van der Waals surface area contributed by atoms with Gasteiger partial charge in [-0.25, -0.2) is 0 Å². The van der Waals surface area contributed by atoms with Crippen molar-refractivity contribution < 1.29 is 9.53 Å². The van der Waals surface area contributed by atoms with Crippen molar-refractivity contribution in [2.24, 2.45) is 0 Å². The van der Waals surface area contributed by atoms with Crippen LogP contribution in [0.15, 0.2) is 12.1 Å². The molecule has 90 valence electrons. The first-order chi connectivity index (χ1) is 8.13. The Balaban J connectivity index is 2.18. The second kappa shape index (κ2) is 3.57. The molecule has 0 radical (unpaired) electrons. The number of carbonyl (C=O) groups excluding carboxylic acids is 1. The highest BCUT2D eigenvalue weighted by molar-refractivity contribution is 6.07. The van der Waals surface area contributed by atoms with Gasteiger partial charge >= 0.3 is 0 Å². The van der Waals surface area contributed by atoms with Gasteiger partial charge in [-0.05, 0) is 37.8 Å². The molecule has 1 aromatic carbocycles. The first-order valence-electron chi connectivity index (χ1n) is 6.14. The maximum atomic E-state index is 12.3. The fourth-order valence-corrected chi connectivity index (χ4v) is 3.08. The topological polar surface area (TPSA) is 38.3 Å². The molecule has 1 saturated heterocycles. The lowest BCUT2D eigenvalue weighted by atomic mass is 9.74. The highest BCUT2D eigenvalue weighted by Crippen LogP contribution is 2.46. The second-order valence-electron chi connectivity index (χ2n) is 5.15. The summed E-state index contributed by atoms with van der Waals surface area (Å²) in [7, 11) is 0. The Labute approximate surface area is 101 Å². The Bertz CT molecular complexity index is 487. The van der Waals surface area contributed by atoms with Crippen LogP contribution in [0.25, 0.3) is 0 Å². The summed E-state index contributed by atoms with van der Waals surface area (Å²) in [4.78, 5) is 12.3. The predicted octanol–water partition coefficient (Wildman–Crippen LogP) is 2.30. The van der Waals surface area contributed by atoms with Crippen LogP contribution in [-0.4, -0.2) is 19.1 Å². The van der Waals surface area contributed by atoms with Crippen molar-refractivity contribution in [2.45, 2.75) is 32.1 Å². The number of rotatable bonds is 0. The number of nitrogens with one attached hydrogen (secondary N) is 1. The van der Waals surface area contributed by atoms with Crippen LogP contribution in [0.4, 0.5) is 5.69 Å². The number of aryl methyl sites for hydroxylation is 2. The molecule has 1 N–H and O–H groups in total. The van der Waals surface area contributed by atoms with Gasteiger partial charge in [-0.3, -0.25) is 4.79 Å². The first-order valence-corrected chi connectivity index (χ1v) is 6.14. The van der Waals surface area contributed by atoms with Crippen molar-refractivity contribution in [3.05, 3.63) is 28.8 Å².